The molecule has 0 radical (unpaired) electrons. The summed E-state index contributed by atoms with van der Waals surface area (Å²) in [5, 5.41) is 42.2. The highest BCUT2D eigenvalue weighted by Crippen LogP contribution is 2.47. The summed E-state index contributed by atoms with van der Waals surface area (Å²) in [5.41, 5.74) is -0.541. The molecule has 0 fully saturated rings. The van der Waals surface area contributed by atoms with Crippen LogP contribution < -0.4 is 0 Å². The van der Waals surface area contributed by atoms with Crippen molar-refractivity contribution in [3.8, 4) is 11.5 Å². The second-order valence-electron chi connectivity index (χ2n) is 7.70. The fraction of sp³-hybridized carbons (Fsp3) is 0.364. The van der Waals surface area contributed by atoms with E-state index in [9.17, 15) is 30.0 Å². The lowest BCUT2D eigenvalue weighted by Gasteiger charge is -2.35. The summed E-state index contributed by atoms with van der Waals surface area (Å²) in [4.78, 5) is 26.3. The van der Waals surface area contributed by atoms with E-state index in [-0.39, 0.29) is 57.7 Å². The molecule has 4 rings (SSSR count). The molecule has 29 heavy (non-hydrogen) atoms. The Morgan fingerprint density at radius 3 is 2.41 bits per heavy atom. The predicted molar refractivity (Wildman–Crippen MR) is 102 cm³/mol. The number of carbonyl (C=O) groups excluding carboxylic acids is 2. The zero-order valence-corrected chi connectivity index (χ0v) is 16.0. The standard InChI is InChI=1S/C22H22O7/c1-29-8-7-22(28)6-5-12-14(9-22)20(26)16-17(18(12)24)21(27)15-11(10-23)3-2-4-13(15)19(16)25/h2-4,23-24,26,28H,5-10H2,1H3/t22-/m0/s1. The first-order valence-electron chi connectivity index (χ1n) is 9.46. The van der Waals surface area contributed by atoms with Crippen LogP contribution >= 0.6 is 0 Å². The number of carbonyl (C=O) groups is 2. The molecule has 2 aliphatic carbocycles. The Kier molecular flexibility index (Phi) is 4.69. The van der Waals surface area contributed by atoms with Crippen LogP contribution in [-0.2, 0) is 24.2 Å². The van der Waals surface area contributed by atoms with E-state index in [4.69, 9.17) is 4.74 Å². The largest absolute Gasteiger partial charge is 0.507 e. The molecule has 0 saturated heterocycles. The van der Waals surface area contributed by atoms with Gasteiger partial charge in [-0.15, -0.1) is 0 Å². The number of benzene rings is 2. The molecule has 4 N–H and O–H groups in total. The van der Waals surface area contributed by atoms with Gasteiger partial charge in [-0.05, 0) is 24.8 Å². The highest BCUT2D eigenvalue weighted by atomic mass is 16.5. The number of ketones is 2. The van der Waals surface area contributed by atoms with Crippen molar-refractivity contribution in [3.05, 3.63) is 57.1 Å². The SMILES string of the molecule is COCC[C@@]1(O)CCc2c(O)c3c(c(O)c2C1)C(=O)c1cccc(CO)c1C3=O. The Hall–Kier alpha value is -2.74. The molecule has 0 amide bonds. The number of methoxy groups -OCH3 is 1. The fourth-order valence-electron chi connectivity index (χ4n) is 4.46. The van der Waals surface area contributed by atoms with Gasteiger partial charge in [0.1, 0.15) is 11.5 Å². The molecule has 2 aromatic carbocycles. The quantitative estimate of drug-likeness (QED) is 0.492. The van der Waals surface area contributed by atoms with Crippen LogP contribution in [-0.4, -0.2) is 51.3 Å². The average molecular weight is 398 g/mol. The number of hydrogen-bond acceptors (Lipinski definition) is 7. The van der Waals surface area contributed by atoms with Gasteiger partial charge in [-0.2, -0.15) is 0 Å². The van der Waals surface area contributed by atoms with Crippen molar-refractivity contribution >= 4 is 11.6 Å². The minimum atomic E-state index is -1.13. The molecule has 7 nitrogen and oxygen atoms in total. The van der Waals surface area contributed by atoms with Gasteiger partial charge in [-0.1, -0.05) is 18.2 Å². The van der Waals surface area contributed by atoms with Crippen molar-refractivity contribution in [2.24, 2.45) is 0 Å². The number of rotatable bonds is 4. The minimum absolute atomic E-state index is 0.0450. The summed E-state index contributed by atoms with van der Waals surface area (Å²) in [7, 11) is 1.53. The summed E-state index contributed by atoms with van der Waals surface area (Å²) in [6.07, 6.45) is 0.965. The molecule has 0 spiro atoms. The van der Waals surface area contributed by atoms with E-state index < -0.39 is 23.8 Å². The first-order chi connectivity index (χ1) is 13.8. The number of fused-ring (bicyclic) bond motifs is 3. The summed E-state index contributed by atoms with van der Waals surface area (Å²) in [6.45, 7) is -0.0972. The van der Waals surface area contributed by atoms with E-state index in [1.54, 1.807) is 12.1 Å². The van der Waals surface area contributed by atoms with Crippen LogP contribution in [0, 0.1) is 0 Å². The van der Waals surface area contributed by atoms with E-state index >= 15 is 0 Å². The van der Waals surface area contributed by atoms with Gasteiger partial charge < -0.3 is 25.2 Å². The van der Waals surface area contributed by atoms with Gasteiger partial charge in [0.15, 0.2) is 11.6 Å². The third-order valence-corrected chi connectivity index (χ3v) is 6.02. The van der Waals surface area contributed by atoms with Gasteiger partial charge in [-0.3, -0.25) is 9.59 Å². The molecular formula is C22H22O7. The highest BCUT2D eigenvalue weighted by Gasteiger charge is 2.42. The molecule has 0 bridgehead atoms. The number of ether oxygens (including phenoxy) is 1. The Morgan fingerprint density at radius 2 is 1.72 bits per heavy atom. The van der Waals surface area contributed by atoms with E-state index in [1.807, 2.05) is 0 Å². The van der Waals surface area contributed by atoms with Crippen LogP contribution in [0.25, 0.3) is 0 Å². The number of phenolic OH excluding ortho intramolecular Hbond substituents is 2. The van der Waals surface area contributed by atoms with Gasteiger partial charge in [0, 0.05) is 42.4 Å². The summed E-state index contributed by atoms with van der Waals surface area (Å²) in [5.74, 6) is -1.90. The second-order valence-corrected chi connectivity index (χ2v) is 7.70. The molecular weight excluding hydrogens is 376 g/mol. The molecule has 0 heterocycles. The minimum Gasteiger partial charge on any atom is -0.507 e. The van der Waals surface area contributed by atoms with E-state index in [0.29, 0.717) is 25.0 Å². The molecule has 0 saturated carbocycles. The van der Waals surface area contributed by atoms with Crippen molar-refractivity contribution in [1.82, 2.24) is 0 Å². The van der Waals surface area contributed by atoms with E-state index in [2.05, 4.69) is 0 Å². The smallest absolute Gasteiger partial charge is 0.198 e. The van der Waals surface area contributed by atoms with Crippen LogP contribution in [0.15, 0.2) is 18.2 Å². The number of phenols is 2. The fourth-order valence-corrected chi connectivity index (χ4v) is 4.46. The zero-order chi connectivity index (χ0) is 20.9. The van der Waals surface area contributed by atoms with Crippen LogP contribution in [0.5, 0.6) is 11.5 Å². The lowest BCUT2D eigenvalue weighted by Crippen LogP contribution is -2.37. The highest BCUT2D eigenvalue weighted by molar-refractivity contribution is 6.31. The first kappa shape index (κ1) is 19.6. The van der Waals surface area contributed by atoms with Crippen molar-refractivity contribution in [1.29, 1.82) is 0 Å². The third kappa shape index (κ3) is 2.85. The first-order valence-corrected chi connectivity index (χ1v) is 9.46. The third-order valence-electron chi connectivity index (χ3n) is 6.02. The van der Waals surface area contributed by atoms with E-state index in [0.717, 1.165) is 0 Å². The molecule has 152 valence electrons. The maximum atomic E-state index is 13.2. The maximum Gasteiger partial charge on any atom is 0.198 e. The molecule has 2 aromatic rings. The van der Waals surface area contributed by atoms with Crippen LogP contribution in [0.1, 0.15) is 61.4 Å². The van der Waals surface area contributed by atoms with Crippen molar-refractivity contribution in [2.75, 3.05) is 13.7 Å². The van der Waals surface area contributed by atoms with Gasteiger partial charge in [0.05, 0.1) is 23.3 Å². The Bertz CT molecular complexity index is 1040. The summed E-state index contributed by atoms with van der Waals surface area (Å²) in [6, 6.07) is 4.56. The van der Waals surface area contributed by atoms with Crippen LogP contribution in [0.4, 0.5) is 0 Å². The number of aromatic hydroxyl groups is 2. The van der Waals surface area contributed by atoms with Crippen molar-refractivity contribution in [3.63, 3.8) is 0 Å². The summed E-state index contributed by atoms with van der Waals surface area (Å²) < 4.78 is 5.04. The molecule has 0 unspecified atom stereocenters. The summed E-state index contributed by atoms with van der Waals surface area (Å²) >= 11 is 0. The molecule has 0 aromatic heterocycles. The van der Waals surface area contributed by atoms with Gasteiger partial charge in [-0.25, -0.2) is 0 Å². The monoisotopic (exact) mass is 398 g/mol. The number of aliphatic hydroxyl groups excluding tert-OH is 1. The number of aliphatic hydroxyl groups is 2. The van der Waals surface area contributed by atoms with Gasteiger partial charge in [0.2, 0.25) is 0 Å². The predicted octanol–water partition coefficient (Wildman–Crippen LogP) is 1.62. The molecule has 7 heteroatoms. The van der Waals surface area contributed by atoms with Crippen LogP contribution in [0.3, 0.4) is 0 Å². The lowest BCUT2D eigenvalue weighted by molar-refractivity contribution is -0.00382. The van der Waals surface area contributed by atoms with Crippen molar-refractivity contribution < 1.29 is 34.8 Å². The normalized spacial score (nSPS) is 20.2. The van der Waals surface area contributed by atoms with Gasteiger partial charge >= 0.3 is 0 Å². The lowest BCUT2D eigenvalue weighted by atomic mass is 9.73. The van der Waals surface area contributed by atoms with Crippen LogP contribution in [0.2, 0.25) is 0 Å². The van der Waals surface area contributed by atoms with Crippen molar-refractivity contribution in [2.45, 2.75) is 37.9 Å². The average Bonchev–Trinajstić information content (AvgIpc) is 2.72. The molecule has 0 aliphatic heterocycles. The van der Waals surface area contributed by atoms with E-state index in [1.165, 1.54) is 13.2 Å². The maximum absolute atomic E-state index is 13.2. The number of hydrogen-bond donors (Lipinski definition) is 4. The Balaban J connectivity index is 1.91. The second kappa shape index (κ2) is 6.95. The zero-order valence-electron chi connectivity index (χ0n) is 16.0. The molecule has 1 atom stereocenters. The van der Waals surface area contributed by atoms with Gasteiger partial charge in [0.25, 0.3) is 0 Å². The Labute approximate surface area is 167 Å². The molecule has 2 aliphatic rings. The Morgan fingerprint density at radius 1 is 1.03 bits per heavy atom. The topological polar surface area (TPSA) is 124 Å².